The fourth-order valence-electron chi connectivity index (χ4n) is 2.08. The van der Waals surface area contributed by atoms with E-state index in [1.807, 2.05) is 0 Å². The smallest absolute Gasteiger partial charge is 0.223 e. The van der Waals surface area contributed by atoms with Crippen molar-refractivity contribution in [2.45, 2.75) is 30.3 Å². The number of benzene rings is 1. The van der Waals surface area contributed by atoms with Crippen LogP contribution in [-0.4, -0.2) is 40.9 Å². The van der Waals surface area contributed by atoms with Gasteiger partial charge in [-0.1, -0.05) is 12.1 Å². The van der Waals surface area contributed by atoms with Crippen LogP contribution in [0.5, 0.6) is 0 Å². The highest BCUT2D eigenvalue weighted by Crippen LogP contribution is 2.22. The van der Waals surface area contributed by atoms with Crippen LogP contribution in [0.2, 0.25) is 0 Å². The van der Waals surface area contributed by atoms with Crippen molar-refractivity contribution < 1.29 is 14.3 Å². The zero-order valence-corrected chi connectivity index (χ0v) is 11.5. The molecule has 0 spiro atoms. The molecule has 1 saturated heterocycles. The Morgan fingerprint density at radius 1 is 1.37 bits per heavy atom. The predicted octanol–water partition coefficient (Wildman–Crippen LogP) is 2.29. The van der Waals surface area contributed by atoms with E-state index < -0.39 is 0 Å². The maximum atomic E-state index is 13.4. The summed E-state index contributed by atoms with van der Waals surface area (Å²) in [7, 11) is 0. The van der Waals surface area contributed by atoms with Crippen LogP contribution < -0.4 is 0 Å². The number of rotatable bonds is 4. The van der Waals surface area contributed by atoms with Crippen LogP contribution in [0.4, 0.5) is 4.39 Å². The fourth-order valence-corrected chi connectivity index (χ4v) is 2.96. The van der Waals surface area contributed by atoms with E-state index >= 15 is 0 Å². The van der Waals surface area contributed by atoms with E-state index in [9.17, 15) is 14.3 Å². The van der Waals surface area contributed by atoms with E-state index in [1.54, 1.807) is 23.1 Å². The van der Waals surface area contributed by atoms with Crippen molar-refractivity contribution in [3.05, 3.63) is 30.1 Å². The third-order valence-corrected chi connectivity index (χ3v) is 4.28. The van der Waals surface area contributed by atoms with Crippen molar-refractivity contribution in [2.75, 3.05) is 18.8 Å². The summed E-state index contributed by atoms with van der Waals surface area (Å²) in [5, 5.41) is 9.38. The minimum Gasteiger partial charge on any atom is -0.393 e. The predicted molar refractivity (Wildman–Crippen MR) is 73.6 cm³/mol. The first-order valence-electron chi connectivity index (χ1n) is 6.50. The average Bonchev–Trinajstić information content (AvgIpc) is 2.41. The number of carbonyl (C=O) groups is 1. The minimum atomic E-state index is -0.267. The maximum absolute atomic E-state index is 13.4. The molecule has 0 unspecified atom stereocenters. The summed E-state index contributed by atoms with van der Waals surface area (Å²) in [5.74, 6) is 0.440. The number of aliphatic hydroxyl groups excluding tert-OH is 1. The quantitative estimate of drug-likeness (QED) is 0.862. The Bertz CT molecular complexity index is 433. The van der Waals surface area contributed by atoms with Gasteiger partial charge in [0.05, 0.1) is 6.10 Å². The third kappa shape index (κ3) is 4.21. The molecule has 0 bridgehead atoms. The van der Waals surface area contributed by atoms with Crippen LogP contribution in [0.25, 0.3) is 0 Å². The minimum absolute atomic E-state index is 0.0933. The van der Waals surface area contributed by atoms with Crippen molar-refractivity contribution in [2.24, 2.45) is 0 Å². The van der Waals surface area contributed by atoms with Gasteiger partial charge in [0.25, 0.3) is 0 Å². The molecular formula is C14H18FNO2S. The van der Waals surface area contributed by atoms with E-state index in [0.717, 1.165) is 0 Å². The van der Waals surface area contributed by atoms with Gasteiger partial charge >= 0.3 is 0 Å². The molecule has 0 aliphatic carbocycles. The van der Waals surface area contributed by atoms with Crippen molar-refractivity contribution in [3.8, 4) is 0 Å². The molecule has 1 aliphatic heterocycles. The third-order valence-electron chi connectivity index (χ3n) is 3.23. The van der Waals surface area contributed by atoms with Gasteiger partial charge in [0, 0.05) is 30.2 Å². The van der Waals surface area contributed by atoms with Crippen molar-refractivity contribution >= 4 is 17.7 Å². The lowest BCUT2D eigenvalue weighted by Gasteiger charge is -2.29. The van der Waals surface area contributed by atoms with Crippen LogP contribution >= 0.6 is 11.8 Å². The lowest BCUT2D eigenvalue weighted by Crippen LogP contribution is -2.40. The summed E-state index contributed by atoms with van der Waals surface area (Å²) < 4.78 is 13.4. The average molecular weight is 283 g/mol. The van der Waals surface area contributed by atoms with Gasteiger partial charge in [-0.05, 0) is 25.0 Å². The highest BCUT2D eigenvalue weighted by molar-refractivity contribution is 7.99. The summed E-state index contributed by atoms with van der Waals surface area (Å²) in [6.45, 7) is 1.26. The fraction of sp³-hybridized carbons (Fsp3) is 0.500. The topological polar surface area (TPSA) is 40.5 Å². The summed E-state index contributed by atoms with van der Waals surface area (Å²) >= 11 is 1.37. The van der Waals surface area contributed by atoms with Crippen LogP contribution in [0.1, 0.15) is 19.3 Å². The molecule has 2 rings (SSSR count). The van der Waals surface area contributed by atoms with E-state index in [-0.39, 0.29) is 17.8 Å². The summed E-state index contributed by atoms with van der Waals surface area (Å²) in [5.41, 5.74) is 0. The molecule has 0 aromatic heterocycles. The van der Waals surface area contributed by atoms with Crippen LogP contribution in [0, 0.1) is 5.82 Å². The van der Waals surface area contributed by atoms with Crippen LogP contribution in [0.3, 0.4) is 0 Å². The Morgan fingerprint density at radius 2 is 2.05 bits per heavy atom. The normalized spacial score (nSPS) is 16.6. The molecule has 0 saturated carbocycles. The number of thioether (sulfide) groups is 1. The number of halogens is 1. The molecule has 1 aromatic rings. The second-order valence-corrected chi connectivity index (χ2v) is 5.78. The number of nitrogens with zero attached hydrogens (tertiary/aromatic N) is 1. The molecule has 1 N–H and O–H groups in total. The number of hydrogen-bond acceptors (Lipinski definition) is 3. The molecule has 5 heteroatoms. The molecular weight excluding hydrogens is 265 g/mol. The Labute approximate surface area is 116 Å². The lowest BCUT2D eigenvalue weighted by molar-refractivity contribution is -0.132. The molecule has 1 amide bonds. The number of hydrogen-bond donors (Lipinski definition) is 1. The van der Waals surface area contributed by atoms with Gasteiger partial charge < -0.3 is 10.0 Å². The number of amides is 1. The van der Waals surface area contributed by atoms with Gasteiger partial charge in [0.2, 0.25) is 5.91 Å². The first kappa shape index (κ1) is 14.3. The maximum Gasteiger partial charge on any atom is 0.223 e. The summed E-state index contributed by atoms with van der Waals surface area (Å²) in [6.07, 6.45) is 1.46. The Hall–Kier alpha value is -1.07. The Morgan fingerprint density at radius 3 is 2.74 bits per heavy atom. The molecule has 1 heterocycles. The zero-order valence-electron chi connectivity index (χ0n) is 10.7. The standard InChI is InChI=1S/C14H18FNO2S/c15-12-3-1-2-4-13(12)19-10-7-14(18)16-8-5-11(17)6-9-16/h1-4,11,17H,5-10H2. The molecule has 1 aliphatic rings. The number of piperidine rings is 1. The van der Waals surface area contributed by atoms with Crippen molar-refractivity contribution in [1.29, 1.82) is 0 Å². The van der Waals surface area contributed by atoms with Gasteiger partial charge in [0.1, 0.15) is 5.82 Å². The molecule has 1 fully saturated rings. The van der Waals surface area contributed by atoms with E-state index in [4.69, 9.17) is 0 Å². The van der Waals surface area contributed by atoms with Crippen LogP contribution in [0.15, 0.2) is 29.2 Å². The Kier molecular flexibility index (Phi) is 5.22. The lowest BCUT2D eigenvalue weighted by atomic mass is 10.1. The highest BCUT2D eigenvalue weighted by Gasteiger charge is 2.20. The van der Waals surface area contributed by atoms with Crippen molar-refractivity contribution in [3.63, 3.8) is 0 Å². The van der Waals surface area contributed by atoms with Gasteiger partial charge in [-0.2, -0.15) is 0 Å². The van der Waals surface area contributed by atoms with Gasteiger partial charge in [-0.3, -0.25) is 4.79 Å². The van der Waals surface area contributed by atoms with E-state index in [2.05, 4.69) is 0 Å². The molecule has 0 atom stereocenters. The first-order valence-corrected chi connectivity index (χ1v) is 7.48. The number of aliphatic hydroxyl groups is 1. The molecule has 3 nitrogen and oxygen atoms in total. The number of likely N-dealkylation sites (tertiary alicyclic amines) is 1. The van der Waals surface area contributed by atoms with Gasteiger partial charge in [0.15, 0.2) is 0 Å². The first-order chi connectivity index (χ1) is 9.16. The zero-order chi connectivity index (χ0) is 13.7. The SMILES string of the molecule is O=C(CCSc1ccccc1F)N1CCC(O)CC1. The molecule has 0 radical (unpaired) electrons. The van der Waals surface area contributed by atoms with Gasteiger partial charge in [-0.15, -0.1) is 11.8 Å². The molecule has 1 aromatic carbocycles. The Balaban J connectivity index is 1.74. The van der Waals surface area contributed by atoms with Gasteiger partial charge in [-0.25, -0.2) is 4.39 Å². The van der Waals surface area contributed by atoms with E-state index in [1.165, 1.54) is 17.8 Å². The highest BCUT2D eigenvalue weighted by atomic mass is 32.2. The summed E-state index contributed by atoms with van der Waals surface area (Å²) in [4.78, 5) is 14.3. The van der Waals surface area contributed by atoms with Crippen molar-refractivity contribution in [1.82, 2.24) is 4.90 Å². The number of carbonyl (C=O) groups excluding carboxylic acids is 1. The second kappa shape index (κ2) is 6.91. The summed E-state index contributed by atoms with van der Waals surface area (Å²) in [6, 6.07) is 6.60. The second-order valence-electron chi connectivity index (χ2n) is 4.64. The monoisotopic (exact) mass is 283 g/mol. The molecule has 19 heavy (non-hydrogen) atoms. The largest absolute Gasteiger partial charge is 0.393 e. The molecule has 104 valence electrons. The van der Waals surface area contributed by atoms with Crippen LogP contribution in [-0.2, 0) is 4.79 Å². The van der Waals surface area contributed by atoms with E-state index in [0.29, 0.717) is 43.0 Å².